The van der Waals surface area contributed by atoms with Crippen LogP contribution in [0.15, 0.2) is 12.2 Å². The number of hydrogen-bond donors (Lipinski definition) is 0. The summed E-state index contributed by atoms with van der Waals surface area (Å²) in [6.45, 7) is 9.28. The Morgan fingerprint density at radius 3 is 2.59 bits per heavy atom. The zero-order chi connectivity index (χ0) is 15.3. The van der Waals surface area contributed by atoms with Crippen LogP contribution in [0, 0.1) is 40.9 Å². The van der Waals surface area contributed by atoms with Gasteiger partial charge in [-0.2, -0.15) is 0 Å². The average molecular weight is 301 g/mol. The summed E-state index contributed by atoms with van der Waals surface area (Å²) in [7, 11) is 0. The second-order valence-corrected chi connectivity index (χ2v) is 9.24. The highest BCUT2D eigenvalue weighted by molar-refractivity contribution is 5.10. The number of allylic oxidation sites excluding steroid dienone is 1. The van der Waals surface area contributed by atoms with Gasteiger partial charge in [0, 0.05) is 0 Å². The molecule has 0 aliphatic heterocycles. The largest absolute Gasteiger partial charge is 0.0999 e. The maximum atomic E-state index is 4.31. The molecule has 124 valence electrons. The van der Waals surface area contributed by atoms with Crippen molar-refractivity contribution in [1.82, 2.24) is 0 Å². The van der Waals surface area contributed by atoms with Crippen molar-refractivity contribution in [3.05, 3.63) is 12.2 Å². The molecule has 0 nitrogen and oxygen atoms in total. The van der Waals surface area contributed by atoms with Gasteiger partial charge in [-0.1, -0.05) is 32.4 Å². The molecule has 0 amide bonds. The third-order valence-electron chi connectivity index (χ3n) is 8.95. The van der Waals surface area contributed by atoms with E-state index in [9.17, 15) is 0 Å². The van der Waals surface area contributed by atoms with Crippen molar-refractivity contribution < 1.29 is 0 Å². The van der Waals surface area contributed by atoms with Gasteiger partial charge in [0.2, 0.25) is 0 Å². The monoisotopic (exact) mass is 300 g/mol. The summed E-state index contributed by atoms with van der Waals surface area (Å²) in [6, 6.07) is 0. The first-order valence-electron chi connectivity index (χ1n) is 10.4. The van der Waals surface area contributed by atoms with Gasteiger partial charge in [0.25, 0.3) is 0 Å². The van der Waals surface area contributed by atoms with Crippen LogP contribution in [0.1, 0.15) is 84.5 Å². The molecule has 0 N–H and O–H groups in total. The molecule has 22 heavy (non-hydrogen) atoms. The quantitative estimate of drug-likeness (QED) is 0.503. The van der Waals surface area contributed by atoms with Crippen molar-refractivity contribution >= 4 is 0 Å². The van der Waals surface area contributed by atoms with Gasteiger partial charge in [0.1, 0.15) is 0 Å². The summed E-state index contributed by atoms with van der Waals surface area (Å²) in [5, 5.41) is 0. The molecule has 0 aromatic rings. The lowest BCUT2D eigenvalue weighted by Gasteiger charge is -2.57. The standard InChI is InChI=1S/C22H36/c1-4-17-8-11-21-20-10-7-16-14-15(3)6-9-18(16)19(20)12-13-22(17,21)5-2/h16-21H,3-14H2,1-2H3/t16-,17?,18-,19?,20?,21?,22+/m0/s1. The lowest BCUT2D eigenvalue weighted by Crippen LogP contribution is -2.48. The van der Waals surface area contributed by atoms with Crippen molar-refractivity contribution in [3.63, 3.8) is 0 Å². The highest BCUT2D eigenvalue weighted by atomic mass is 14.6. The second kappa shape index (κ2) is 5.67. The first-order chi connectivity index (χ1) is 10.7. The fourth-order valence-corrected chi connectivity index (χ4v) is 8.04. The Labute approximate surface area is 138 Å². The van der Waals surface area contributed by atoms with E-state index in [-0.39, 0.29) is 0 Å². The number of fused-ring (bicyclic) bond motifs is 5. The minimum atomic E-state index is 0.751. The highest BCUT2D eigenvalue weighted by Crippen LogP contribution is 2.66. The Kier molecular flexibility index (Phi) is 3.94. The summed E-state index contributed by atoms with van der Waals surface area (Å²) in [4.78, 5) is 0. The van der Waals surface area contributed by atoms with Gasteiger partial charge in [-0.15, -0.1) is 0 Å². The van der Waals surface area contributed by atoms with Gasteiger partial charge in [-0.05, 0) is 105 Å². The topological polar surface area (TPSA) is 0 Å². The summed E-state index contributed by atoms with van der Waals surface area (Å²) < 4.78 is 0. The Balaban J connectivity index is 1.58. The van der Waals surface area contributed by atoms with E-state index in [2.05, 4.69) is 20.4 Å². The zero-order valence-corrected chi connectivity index (χ0v) is 14.9. The molecule has 4 fully saturated rings. The normalized spacial score (nSPS) is 51.1. The molecule has 0 bridgehead atoms. The maximum Gasteiger partial charge on any atom is -0.0241 e. The molecule has 0 saturated heterocycles. The van der Waals surface area contributed by atoms with Crippen molar-refractivity contribution in [1.29, 1.82) is 0 Å². The lowest BCUT2D eigenvalue weighted by atomic mass is 9.48. The van der Waals surface area contributed by atoms with Gasteiger partial charge in [-0.3, -0.25) is 0 Å². The van der Waals surface area contributed by atoms with Crippen LogP contribution in [0.25, 0.3) is 0 Å². The van der Waals surface area contributed by atoms with Crippen LogP contribution < -0.4 is 0 Å². The molecule has 4 aliphatic carbocycles. The molecule has 0 heterocycles. The predicted octanol–water partition coefficient (Wildman–Crippen LogP) is 6.61. The highest BCUT2D eigenvalue weighted by Gasteiger charge is 2.57. The first kappa shape index (κ1) is 15.3. The molecule has 7 atom stereocenters. The van der Waals surface area contributed by atoms with Crippen LogP contribution in [0.3, 0.4) is 0 Å². The average Bonchev–Trinajstić information content (AvgIpc) is 2.93. The summed E-state index contributed by atoms with van der Waals surface area (Å²) in [6.07, 6.45) is 16.4. The summed E-state index contributed by atoms with van der Waals surface area (Å²) >= 11 is 0. The van der Waals surface area contributed by atoms with E-state index in [4.69, 9.17) is 0 Å². The minimum absolute atomic E-state index is 0.751. The van der Waals surface area contributed by atoms with Crippen molar-refractivity contribution in [2.75, 3.05) is 0 Å². The van der Waals surface area contributed by atoms with Crippen LogP contribution in [0.2, 0.25) is 0 Å². The molecule has 0 radical (unpaired) electrons. The van der Waals surface area contributed by atoms with E-state index in [1.807, 2.05) is 0 Å². The smallest absolute Gasteiger partial charge is 0.0241 e. The van der Waals surface area contributed by atoms with Gasteiger partial charge < -0.3 is 0 Å². The number of hydrogen-bond acceptors (Lipinski definition) is 0. The molecular weight excluding hydrogens is 264 g/mol. The van der Waals surface area contributed by atoms with Crippen LogP contribution >= 0.6 is 0 Å². The van der Waals surface area contributed by atoms with Crippen molar-refractivity contribution in [3.8, 4) is 0 Å². The van der Waals surface area contributed by atoms with E-state index in [0.29, 0.717) is 0 Å². The van der Waals surface area contributed by atoms with Crippen molar-refractivity contribution in [2.45, 2.75) is 84.5 Å². The number of rotatable bonds is 2. The van der Waals surface area contributed by atoms with Crippen LogP contribution in [-0.4, -0.2) is 0 Å². The zero-order valence-electron chi connectivity index (χ0n) is 14.9. The maximum absolute atomic E-state index is 4.31. The molecule has 4 rings (SSSR count). The Morgan fingerprint density at radius 2 is 1.82 bits per heavy atom. The third-order valence-corrected chi connectivity index (χ3v) is 8.95. The molecule has 0 heteroatoms. The van der Waals surface area contributed by atoms with E-state index < -0.39 is 0 Å². The van der Waals surface area contributed by atoms with E-state index >= 15 is 0 Å². The molecule has 0 aromatic heterocycles. The molecule has 4 saturated carbocycles. The van der Waals surface area contributed by atoms with E-state index in [1.165, 1.54) is 38.5 Å². The molecular formula is C22H36. The van der Waals surface area contributed by atoms with Gasteiger partial charge in [-0.25, -0.2) is 0 Å². The van der Waals surface area contributed by atoms with Crippen molar-refractivity contribution in [2.24, 2.45) is 40.9 Å². The molecule has 4 aliphatic rings. The van der Waals surface area contributed by atoms with Gasteiger partial charge in [0.05, 0.1) is 0 Å². The minimum Gasteiger partial charge on any atom is -0.0999 e. The first-order valence-corrected chi connectivity index (χ1v) is 10.4. The third kappa shape index (κ3) is 2.08. The Hall–Kier alpha value is -0.260. The van der Waals surface area contributed by atoms with Crippen LogP contribution in [-0.2, 0) is 0 Å². The predicted molar refractivity (Wildman–Crippen MR) is 94.6 cm³/mol. The van der Waals surface area contributed by atoms with Crippen LogP contribution in [0.5, 0.6) is 0 Å². The Morgan fingerprint density at radius 1 is 0.955 bits per heavy atom. The molecule has 0 aromatic carbocycles. The molecule has 0 spiro atoms. The SMILES string of the molecule is C=C1CC[C@@H]2C3CC[C@]4(CC)C(CC)CCC4C3CC[C@H]2C1. The fourth-order valence-electron chi connectivity index (χ4n) is 8.04. The van der Waals surface area contributed by atoms with Gasteiger partial charge >= 0.3 is 0 Å². The lowest BCUT2D eigenvalue weighted by molar-refractivity contribution is -0.0681. The Bertz CT molecular complexity index is 435. The van der Waals surface area contributed by atoms with Gasteiger partial charge in [0.15, 0.2) is 0 Å². The second-order valence-electron chi connectivity index (χ2n) is 9.24. The van der Waals surface area contributed by atoms with E-state index in [1.54, 1.807) is 37.7 Å². The summed E-state index contributed by atoms with van der Waals surface area (Å²) in [5.74, 6) is 6.41. The fraction of sp³-hybridized carbons (Fsp3) is 0.909. The molecule has 4 unspecified atom stereocenters. The summed E-state index contributed by atoms with van der Waals surface area (Å²) in [5.41, 5.74) is 2.31. The van der Waals surface area contributed by atoms with E-state index in [0.717, 1.165) is 40.9 Å². The van der Waals surface area contributed by atoms with Crippen LogP contribution in [0.4, 0.5) is 0 Å².